The van der Waals surface area contributed by atoms with Crippen molar-refractivity contribution in [3.63, 3.8) is 0 Å². The number of halogens is 2. The summed E-state index contributed by atoms with van der Waals surface area (Å²) in [5, 5.41) is 4.84. The van der Waals surface area contributed by atoms with Crippen molar-refractivity contribution in [3.05, 3.63) is 76.2 Å². The van der Waals surface area contributed by atoms with Crippen molar-refractivity contribution in [2.24, 2.45) is 0 Å². The topological polar surface area (TPSA) is 47.8 Å². The molecule has 2 aromatic carbocycles. The van der Waals surface area contributed by atoms with Gasteiger partial charge in [0.05, 0.1) is 0 Å². The van der Waals surface area contributed by atoms with E-state index in [9.17, 15) is 4.79 Å². The predicted molar refractivity (Wildman–Crippen MR) is 99.7 cm³/mol. The van der Waals surface area contributed by atoms with Gasteiger partial charge in [-0.3, -0.25) is 4.79 Å². The molecule has 24 heavy (non-hydrogen) atoms. The molecule has 3 rings (SSSR count). The highest BCUT2D eigenvalue weighted by Gasteiger charge is 2.23. The van der Waals surface area contributed by atoms with E-state index in [1.54, 1.807) is 22.8 Å². The Morgan fingerprint density at radius 3 is 2.50 bits per heavy atom. The minimum atomic E-state index is -0.422. The smallest absolute Gasteiger partial charge is 0.188 e. The molecule has 0 saturated heterocycles. The average Bonchev–Trinajstić information content (AvgIpc) is 3.11. The first-order valence-electron chi connectivity index (χ1n) is 7.16. The van der Waals surface area contributed by atoms with Crippen LogP contribution in [0, 0.1) is 0 Å². The second kappa shape index (κ2) is 7.96. The molecule has 7 heteroatoms. The highest BCUT2D eigenvalue weighted by atomic mass is 79.9. The Bertz CT molecular complexity index is 807. The molecule has 1 aromatic heterocycles. The normalized spacial score (nSPS) is 12.1. The molecular formula is C17H13BrClN3OS. The van der Waals surface area contributed by atoms with Crippen LogP contribution in [0.1, 0.15) is 16.4 Å². The number of carbonyl (C=O) groups is 1. The van der Waals surface area contributed by atoms with E-state index in [1.807, 2.05) is 48.5 Å². The molecule has 0 amide bonds. The Morgan fingerprint density at radius 2 is 1.88 bits per heavy atom. The molecule has 122 valence electrons. The number of thioether (sulfide) groups is 1. The Balaban J connectivity index is 1.80. The number of hydrogen-bond donors (Lipinski definition) is 0. The highest BCUT2D eigenvalue weighted by Crippen LogP contribution is 2.26. The molecule has 1 heterocycles. The summed E-state index contributed by atoms with van der Waals surface area (Å²) in [7, 11) is 0. The third-order valence-electron chi connectivity index (χ3n) is 3.41. The molecule has 0 fully saturated rings. The molecule has 0 N–H and O–H groups in total. The standard InChI is InChI=1S/C17H13BrClN3OS/c18-13-3-1-12(2-4-13)17(23)16(22-11-20-10-21-22)9-24-15-7-5-14(19)6-8-15/h1-8,10-11,16H,9H2. The minimum Gasteiger partial charge on any atom is -0.292 e. The van der Waals surface area contributed by atoms with Crippen LogP contribution >= 0.6 is 39.3 Å². The largest absolute Gasteiger partial charge is 0.292 e. The average molecular weight is 423 g/mol. The Hall–Kier alpha value is -1.63. The van der Waals surface area contributed by atoms with E-state index in [1.165, 1.54) is 6.33 Å². The molecular weight excluding hydrogens is 410 g/mol. The number of rotatable bonds is 6. The number of Topliss-reactive ketones (excluding diaryl/α,β-unsaturated/α-hetero) is 1. The Labute approximate surface area is 157 Å². The Morgan fingerprint density at radius 1 is 1.17 bits per heavy atom. The van der Waals surface area contributed by atoms with E-state index >= 15 is 0 Å². The molecule has 1 unspecified atom stereocenters. The quantitative estimate of drug-likeness (QED) is 0.418. The molecule has 0 radical (unpaired) electrons. The number of nitrogens with zero attached hydrogens (tertiary/aromatic N) is 3. The van der Waals surface area contributed by atoms with E-state index in [0.29, 0.717) is 16.3 Å². The van der Waals surface area contributed by atoms with Gasteiger partial charge in [-0.2, -0.15) is 5.10 Å². The summed E-state index contributed by atoms with van der Waals surface area (Å²) < 4.78 is 2.54. The van der Waals surface area contributed by atoms with E-state index < -0.39 is 6.04 Å². The first-order chi connectivity index (χ1) is 11.6. The monoisotopic (exact) mass is 421 g/mol. The lowest BCUT2D eigenvalue weighted by molar-refractivity contribution is 0.0930. The van der Waals surface area contributed by atoms with Gasteiger partial charge >= 0.3 is 0 Å². The van der Waals surface area contributed by atoms with Crippen LogP contribution in [0.15, 0.2) is 70.6 Å². The van der Waals surface area contributed by atoms with Gasteiger partial charge in [-0.25, -0.2) is 9.67 Å². The van der Waals surface area contributed by atoms with Gasteiger partial charge in [0.1, 0.15) is 18.7 Å². The summed E-state index contributed by atoms with van der Waals surface area (Å²) >= 11 is 10.9. The summed E-state index contributed by atoms with van der Waals surface area (Å²) in [6.07, 6.45) is 3.01. The van der Waals surface area contributed by atoms with E-state index in [0.717, 1.165) is 9.37 Å². The SMILES string of the molecule is O=C(c1ccc(Br)cc1)C(CSc1ccc(Cl)cc1)n1cncn1. The van der Waals surface area contributed by atoms with Crippen molar-refractivity contribution < 1.29 is 4.79 Å². The number of hydrogen-bond acceptors (Lipinski definition) is 4. The fourth-order valence-electron chi connectivity index (χ4n) is 2.16. The van der Waals surface area contributed by atoms with Crippen molar-refractivity contribution in [2.45, 2.75) is 10.9 Å². The maximum absolute atomic E-state index is 12.9. The molecule has 0 aliphatic rings. The summed E-state index contributed by atoms with van der Waals surface area (Å²) in [6, 6.07) is 14.5. The van der Waals surface area contributed by atoms with Gasteiger partial charge in [-0.15, -0.1) is 11.8 Å². The third kappa shape index (κ3) is 4.26. The van der Waals surface area contributed by atoms with Crippen molar-refractivity contribution in [3.8, 4) is 0 Å². The molecule has 0 saturated carbocycles. The van der Waals surface area contributed by atoms with Crippen LogP contribution in [0.2, 0.25) is 5.02 Å². The maximum atomic E-state index is 12.9. The van der Waals surface area contributed by atoms with Gasteiger partial charge in [0.25, 0.3) is 0 Å². The second-order valence-corrected chi connectivity index (χ2v) is 7.47. The summed E-state index contributed by atoms with van der Waals surface area (Å²) in [5.41, 5.74) is 0.649. The van der Waals surface area contributed by atoms with Crippen LogP contribution in [-0.2, 0) is 0 Å². The number of benzene rings is 2. The fourth-order valence-corrected chi connectivity index (χ4v) is 3.54. The van der Waals surface area contributed by atoms with E-state index in [-0.39, 0.29) is 5.78 Å². The fraction of sp³-hybridized carbons (Fsp3) is 0.118. The van der Waals surface area contributed by atoms with Crippen molar-refractivity contribution in [1.82, 2.24) is 14.8 Å². The van der Waals surface area contributed by atoms with Crippen LogP contribution in [0.4, 0.5) is 0 Å². The lowest BCUT2D eigenvalue weighted by Gasteiger charge is -2.16. The molecule has 3 aromatic rings. The lowest BCUT2D eigenvalue weighted by atomic mass is 10.1. The van der Waals surface area contributed by atoms with E-state index in [2.05, 4.69) is 26.0 Å². The highest BCUT2D eigenvalue weighted by molar-refractivity contribution is 9.10. The van der Waals surface area contributed by atoms with Crippen molar-refractivity contribution in [2.75, 3.05) is 5.75 Å². The summed E-state index contributed by atoms with van der Waals surface area (Å²) in [4.78, 5) is 17.9. The zero-order valence-corrected chi connectivity index (χ0v) is 15.6. The van der Waals surface area contributed by atoms with Gasteiger partial charge in [-0.05, 0) is 36.4 Å². The van der Waals surface area contributed by atoms with Crippen LogP contribution in [0.5, 0.6) is 0 Å². The molecule has 0 aliphatic carbocycles. The van der Waals surface area contributed by atoms with Gasteiger partial charge in [-0.1, -0.05) is 39.7 Å². The molecule has 0 aliphatic heterocycles. The Kier molecular flexibility index (Phi) is 5.71. The molecule has 4 nitrogen and oxygen atoms in total. The van der Waals surface area contributed by atoms with Gasteiger partial charge in [0.2, 0.25) is 0 Å². The predicted octanol–water partition coefficient (Wildman–Crippen LogP) is 4.91. The van der Waals surface area contributed by atoms with Crippen LogP contribution in [0.3, 0.4) is 0 Å². The second-order valence-electron chi connectivity index (χ2n) is 5.03. The van der Waals surface area contributed by atoms with Crippen LogP contribution < -0.4 is 0 Å². The van der Waals surface area contributed by atoms with Crippen LogP contribution in [-0.4, -0.2) is 26.3 Å². The lowest BCUT2D eigenvalue weighted by Crippen LogP contribution is -2.22. The molecule has 1 atom stereocenters. The maximum Gasteiger partial charge on any atom is 0.188 e. The van der Waals surface area contributed by atoms with Gasteiger partial charge in [0, 0.05) is 25.7 Å². The zero-order chi connectivity index (χ0) is 16.9. The van der Waals surface area contributed by atoms with Crippen LogP contribution in [0.25, 0.3) is 0 Å². The number of aromatic nitrogens is 3. The number of ketones is 1. The summed E-state index contributed by atoms with van der Waals surface area (Å²) in [6.45, 7) is 0. The minimum absolute atomic E-state index is 0.00876. The van der Waals surface area contributed by atoms with Crippen molar-refractivity contribution >= 4 is 45.1 Å². The van der Waals surface area contributed by atoms with Gasteiger partial charge < -0.3 is 0 Å². The first-order valence-corrected chi connectivity index (χ1v) is 9.31. The summed E-state index contributed by atoms with van der Waals surface area (Å²) in [5.74, 6) is 0.564. The molecule has 0 bridgehead atoms. The number of carbonyl (C=O) groups excluding carboxylic acids is 1. The molecule has 0 spiro atoms. The zero-order valence-electron chi connectivity index (χ0n) is 12.5. The van der Waals surface area contributed by atoms with E-state index in [4.69, 9.17) is 11.6 Å². The van der Waals surface area contributed by atoms with Gasteiger partial charge in [0.15, 0.2) is 5.78 Å². The van der Waals surface area contributed by atoms with Crippen molar-refractivity contribution in [1.29, 1.82) is 0 Å². The third-order valence-corrected chi connectivity index (χ3v) is 5.28. The first kappa shape index (κ1) is 17.2.